The number of rotatable bonds is 6. The molecule has 0 aliphatic carbocycles. The van der Waals surface area contributed by atoms with Gasteiger partial charge in [-0.3, -0.25) is 0 Å². The van der Waals surface area contributed by atoms with Crippen LogP contribution >= 0.6 is 11.8 Å². The normalized spacial score (nSPS) is 14.3. The van der Waals surface area contributed by atoms with Crippen LogP contribution in [0.3, 0.4) is 0 Å². The minimum absolute atomic E-state index is 0.392. The van der Waals surface area contributed by atoms with E-state index in [4.69, 9.17) is 6.57 Å². The Balaban J connectivity index is 5.02. The van der Waals surface area contributed by atoms with Crippen molar-refractivity contribution in [1.82, 2.24) is 0 Å². The SMILES string of the molecule is [C-]#[N+]CSCCC(F)(F)C(F)(F)C(F)(F)C(F)(F)F. The van der Waals surface area contributed by atoms with Crippen LogP contribution in [0, 0.1) is 6.57 Å². The second kappa shape index (κ2) is 5.68. The molecule has 0 bridgehead atoms. The summed E-state index contributed by atoms with van der Waals surface area (Å²) in [4.78, 5) is 2.66. The summed E-state index contributed by atoms with van der Waals surface area (Å²) in [6.45, 7) is 6.24. The van der Waals surface area contributed by atoms with Crippen molar-refractivity contribution in [2.24, 2.45) is 0 Å². The highest BCUT2D eigenvalue weighted by atomic mass is 32.2. The maximum Gasteiger partial charge on any atom is 0.460 e. The Hall–Kier alpha value is -0.790. The van der Waals surface area contributed by atoms with E-state index < -0.39 is 42.0 Å². The van der Waals surface area contributed by atoms with Crippen molar-refractivity contribution in [3.05, 3.63) is 11.4 Å². The topological polar surface area (TPSA) is 4.36 Å². The third kappa shape index (κ3) is 3.61. The van der Waals surface area contributed by atoms with Crippen LogP contribution in [0.15, 0.2) is 0 Å². The third-order valence-corrected chi connectivity index (χ3v) is 2.73. The minimum atomic E-state index is -6.84. The van der Waals surface area contributed by atoms with E-state index in [0.717, 1.165) is 0 Å². The summed E-state index contributed by atoms with van der Waals surface area (Å²) < 4.78 is 111. The van der Waals surface area contributed by atoms with Crippen LogP contribution in [0.25, 0.3) is 4.85 Å². The number of halogens is 9. The lowest BCUT2D eigenvalue weighted by Crippen LogP contribution is -2.60. The minimum Gasteiger partial charge on any atom is -0.305 e. The van der Waals surface area contributed by atoms with Crippen molar-refractivity contribution in [1.29, 1.82) is 0 Å². The first-order chi connectivity index (χ1) is 8.31. The van der Waals surface area contributed by atoms with E-state index in [2.05, 4.69) is 4.85 Å². The maximum atomic E-state index is 12.8. The Morgan fingerprint density at radius 1 is 0.842 bits per heavy atom. The van der Waals surface area contributed by atoms with Crippen LogP contribution in [0.2, 0.25) is 0 Å². The van der Waals surface area contributed by atoms with Gasteiger partial charge in [-0.25, -0.2) is 6.57 Å². The molecular formula is C8H6F9NS. The molecule has 0 saturated heterocycles. The highest BCUT2D eigenvalue weighted by Crippen LogP contribution is 2.54. The quantitative estimate of drug-likeness (QED) is 0.397. The molecule has 0 N–H and O–H groups in total. The maximum absolute atomic E-state index is 12.8. The molecule has 0 heterocycles. The van der Waals surface area contributed by atoms with Crippen LogP contribution in [-0.4, -0.2) is 35.6 Å². The number of nitrogens with zero attached hydrogens (tertiary/aromatic N) is 1. The van der Waals surface area contributed by atoms with E-state index >= 15 is 0 Å². The summed E-state index contributed by atoms with van der Waals surface area (Å²) in [6.07, 6.45) is -8.69. The second-order valence-corrected chi connectivity index (χ2v) is 4.37. The number of hydrogen-bond acceptors (Lipinski definition) is 1. The van der Waals surface area contributed by atoms with Gasteiger partial charge in [0.1, 0.15) is 0 Å². The van der Waals surface area contributed by atoms with Crippen LogP contribution in [0.5, 0.6) is 0 Å². The smallest absolute Gasteiger partial charge is 0.305 e. The van der Waals surface area contributed by atoms with Crippen LogP contribution in [0.1, 0.15) is 6.42 Å². The van der Waals surface area contributed by atoms with Gasteiger partial charge in [-0.2, -0.15) is 39.5 Å². The van der Waals surface area contributed by atoms with Gasteiger partial charge >= 0.3 is 23.9 Å². The molecule has 19 heavy (non-hydrogen) atoms. The number of alkyl halides is 9. The highest BCUT2D eigenvalue weighted by molar-refractivity contribution is 7.99. The zero-order valence-electron chi connectivity index (χ0n) is 8.88. The van der Waals surface area contributed by atoms with Crippen LogP contribution in [0.4, 0.5) is 39.5 Å². The fourth-order valence-corrected chi connectivity index (χ4v) is 1.50. The summed E-state index contributed by atoms with van der Waals surface area (Å²) in [5, 5.41) is 0. The molecule has 0 radical (unpaired) electrons. The van der Waals surface area contributed by atoms with Gasteiger partial charge in [0.25, 0.3) is 5.88 Å². The molecule has 0 aliphatic rings. The molecule has 0 atom stereocenters. The van der Waals surface area contributed by atoms with Crippen LogP contribution < -0.4 is 0 Å². The largest absolute Gasteiger partial charge is 0.460 e. The molecule has 11 heteroatoms. The predicted molar refractivity (Wildman–Crippen MR) is 49.4 cm³/mol. The first-order valence-corrected chi connectivity index (χ1v) is 5.58. The Morgan fingerprint density at radius 2 is 1.32 bits per heavy atom. The summed E-state index contributed by atoms with van der Waals surface area (Å²) in [5.74, 6) is -20.2. The lowest BCUT2D eigenvalue weighted by atomic mass is 10.0. The molecule has 0 fully saturated rings. The molecule has 0 unspecified atom stereocenters. The van der Waals surface area contributed by atoms with E-state index in [0.29, 0.717) is 11.8 Å². The Bertz CT molecular complexity index is 343. The second-order valence-electron chi connectivity index (χ2n) is 3.30. The van der Waals surface area contributed by atoms with Crippen molar-refractivity contribution in [2.75, 3.05) is 11.6 Å². The van der Waals surface area contributed by atoms with E-state index in [1.807, 2.05) is 0 Å². The van der Waals surface area contributed by atoms with Crippen molar-refractivity contribution in [3.8, 4) is 0 Å². The molecule has 0 aromatic heterocycles. The third-order valence-electron chi connectivity index (χ3n) is 1.93. The fourth-order valence-electron chi connectivity index (χ4n) is 0.875. The van der Waals surface area contributed by atoms with Gasteiger partial charge in [0.05, 0.1) is 0 Å². The van der Waals surface area contributed by atoms with Gasteiger partial charge in [-0.15, -0.1) is 0 Å². The van der Waals surface area contributed by atoms with Gasteiger partial charge in [0, 0.05) is 12.2 Å². The molecule has 0 amide bonds. The van der Waals surface area contributed by atoms with Crippen molar-refractivity contribution in [3.63, 3.8) is 0 Å². The Labute approximate surface area is 106 Å². The number of thioether (sulfide) groups is 1. The predicted octanol–water partition coefficient (Wildman–Crippen LogP) is 4.45. The van der Waals surface area contributed by atoms with Gasteiger partial charge in [0.15, 0.2) is 0 Å². The van der Waals surface area contributed by atoms with E-state index in [9.17, 15) is 39.5 Å². The summed E-state index contributed by atoms with van der Waals surface area (Å²) >= 11 is 0.421. The summed E-state index contributed by atoms with van der Waals surface area (Å²) in [7, 11) is 0. The van der Waals surface area contributed by atoms with Gasteiger partial charge < -0.3 is 4.85 Å². The standard InChI is InChI=1S/C8H6F9NS/c1-18-4-19-3-2-5(9,10)6(11,12)7(13,14)8(15,16)17/h2-4H2. The Kier molecular flexibility index (Phi) is 5.45. The molecule has 0 aromatic carbocycles. The molecule has 112 valence electrons. The van der Waals surface area contributed by atoms with Gasteiger partial charge in [-0.05, 0) is 0 Å². The van der Waals surface area contributed by atoms with E-state index in [1.54, 1.807) is 0 Å². The average Bonchev–Trinajstić information content (AvgIpc) is 2.22. The summed E-state index contributed by atoms with van der Waals surface area (Å²) in [6, 6.07) is 0. The van der Waals surface area contributed by atoms with Gasteiger partial charge in [-0.1, -0.05) is 11.8 Å². The molecule has 0 spiro atoms. The van der Waals surface area contributed by atoms with Gasteiger partial charge in [0.2, 0.25) is 0 Å². The van der Waals surface area contributed by atoms with Crippen molar-refractivity contribution in [2.45, 2.75) is 30.4 Å². The molecular weight excluding hydrogens is 313 g/mol. The number of hydrogen-bond donors (Lipinski definition) is 0. The monoisotopic (exact) mass is 319 g/mol. The first kappa shape index (κ1) is 18.2. The lowest BCUT2D eigenvalue weighted by Gasteiger charge is -2.33. The Morgan fingerprint density at radius 3 is 1.68 bits per heavy atom. The average molecular weight is 319 g/mol. The molecule has 0 aromatic rings. The first-order valence-electron chi connectivity index (χ1n) is 4.42. The lowest BCUT2D eigenvalue weighted by molar-refractivity contribution is -0.396. The zero-order valence-corrected chi connectivity index (χ0v) is 9.69. The fraction of sp³-hybridized carbons (Fsp3) is 0.875. The molecule has 0 saturated carbocycles. The van der Waals surface area contributed by atoms with Crippen molar-refractivity contribution >= 4 is 11.8 Å². The van der Waals surface area contributed by atoms with E-state index in [-0.39, 0.29) is 0 Å². The van der Waals surface area contributed by atoms with Crippen LogP contribution in [-0.2, 0) is 0 Å². The van der Waals surface area contributed by atoms with Crippen molar-refractivity contribution < 1.29 is 39.5 Å². The summed E-state index contributed by atoms with van der Waals surface area (Å²) in [5.41, 5.74) is 0. The zero-order chi connectivity index (χ0) is 15.5. The molecule has 0 rings (SSSR count). The van der Waals surface area contributed by atoms with E-state index in [1.165, 1.54) is 0 Å². The molecule has 0 aliphatic heterocycles. The highest BCUT2D eigenvalue weighted by Gasteiger charge is 2.81. The molecule has 1 nitrogen and oxygen atoms in total.